The molecule has 2 rings (SSSR count). The fourth-order valence-corrected chi connectivity index (χ4v) is 3.12. The van der Waals surface area contributed by atoms with Gasteiger partial charge in [-0.15, -0.1) is 0 Å². The number of halogens is 1. The van der Waals surface area contributed by atoms with Crippen LogP contribution in [-0.4, -0.2) is 18.1 Å². The summed E-state index contributed by atoms with van der Waals surface area (Å²) in [6.07, 6.45) is 2.71. The molecule has 2 atom stereocenters. The smallest absolute Gasteiger partial charge is 0.331 e. The quantitative estimate of drug-likeness (QED) is 0.851. The van der Waals surface area contributed by atoms with Crippen molar-refractivity contribution in [1.29, 1.82) is 0 Å². The highest BCUT2D eigenvalue weighted by atomic mass is 79.9. The topological polar surface area (TPSA) is 38.3 Å². The zero-order valence-electron chi connectivity index (χ0n) is 11.4. The summed E-state index contributed by atoms with van der Waals surface area (Å²) in [4.78, 5) is 12.3. The number of carbonyl (C=O) groups is 1. The van der Waals surface area contributed by atoms with Gasteiger partial charge in [0.05, 0.1) is 6.61 Å². The van der Waals surface area contributed by atoms with Crippen molar-refractivity contribution in [3.05, 3.63) is 28.7 Å². The summed E-state index contributed by atoms with van der Waals surface area (Å²) in [6, 6.07) is 7.88. The van der Waals surface area contributed by atoms with Crippen molar-refractivity contribution >= 4 is 27.6 Å². The van der Waals surface area contributed by atoms with Crippen LogP contribution in [0.4, 0.5) is 5.69 Å². The van der Waals surface area contributed by atoms with Crippen LogP contribution in [0.15, 0.2) is 28.7 Å². The lowest BCUT2D eigenvalue weighted by molar-refractivity contribution is -0.148. The van der Waals surface area contributed by atoms with Crippen molar-refractivity contribution in [3.63, 3.8) is 0 Å². The molecule has 1 aliphatic carbocycles. The summed E-state index contributed by atoms with van der Waals surface area (Å²) in [5.41, 5.74) is 0.379. The molecule has 1 saturated carbocycles. The molecule has 0 heterocycles. The summed E-state index contributed by atoms with van der Waals surface area (Å²) in [5.74, 6) is 0.412. The van der Waals surface area contributed by atoms with Crippen LogP contribution in [0, 0.1) is 5.92 Å². The van der Waals surface area contributed by atoms with Crippen molar-refractivity contribution in [2.75, 3.05) is 11.9 Å². The molecule has 3 nitrogen and oxygen atoms in total. The maximum absolute atomic E-state index is 12.3. The second kappa shape index (κ2) is 5.95. The maximum Gasteiger partial charge on any atom is 0.331 e. The summed E-state index contributed by atoms with van der Waals surface area (Å²) in [6.45, 7) is 4.46. The van der Waals surface area contributed by atoms with Gasteiger partial charge in [-0.05, 0) is 60.2 Å². The Morgan fingerprint density at radius 3 is 2.84 bits per heavy atom. The summed E-state index contributed by atoms with van der Waals surface area (Å²) < 4.78 is 6.24. The molecule has 0 saturated heterocycles. The molecule has 0 bridgehead atoms. The standard InChI is InChI=1S/C15H20BrNO2/c1-3-19-14(18)15(9-8-11(2)10-15)17-13-7-5-4-6-12(13)16/h4-7,11,17H,3,8-10H2,1-2H3. The first-order valence-electron chi connectivity index (χ1n) is 6.77. The van der Waals surface area contributed by atoms with E-state index in [9.17, 15) is 4.79 Å². The van der Waals surface area contributed by atoms with Gasteiger partial charge in [-0.2, -0.15) is 0 Å². The number of carbonyl (C=O) groups excluding carboxylic acids is 1. The SMILES string of the molecule is CCOC(=O)C1(Nc2ccccc2Br)CCC(C)C1. The Bertz CT molecular complexity index is 463. The molecule has 1 aromatic rings. The largest absolute Gasteiger partial charge is 0.464 e. The molecule has 0 amide bonds. The third-order valence-electron chi connectivity index (χ3n) is 3.67. The van der Waals surface area contributed by atoms with E-state index in [0.717, 1.165) is 29.4 Å². The highest BCUT2D eigenvalue weighted by Crippen LogP contribution is 2.39. The zero-order valence-corrected chi connectivity index (χ0v) is 13.0. The van der Waals surface area contributed by atoms with Crippen molar-refractivity contribution < 1.29 is 9.53 Å². The number of hydrogen-bond acceptors (Lipinski definition) is 3. The third kappa shape index (κ3) is 3.11. The minimum atomic E-state index is -0.570. The molecule has 0 aliphatic heterocycles. The van der Waals surface area contributed by atoms with Crippen LogP contribution in [0.25, 0.3) is 0 Å². The zero-order chi connectivity index (χ0) is 13.9. The molecule has 2 unspecified atom stereocenters. The van der Waals surface area contributed by atoms with Crippen molar-refractivity contribution in [3.8, 4) is 0 Å². The Morgan fingerprint density at radius 1 is 1.53 bits per heavy atom. The number of esters is 1. The Kier molecular flexibility index (Phi) is 4.50. The average Bonchev–Trinajstić information content (AvgIpc) is 2.75. The maximum atomic E-state index is 12.3. The number of anilines is 1. The van der Waals surface area contributed by atoms with Gasteiger partial charge >= 0.3 is 5.97 Å². The fraction of sp³-hybridized carbons (Fsp3) is 0.533. The van der Waals surface area contributed by atoms with E-state index in [1.165, 1.54) is 0 Å². The molecule has 1 N–H and O–H groups in total. The van der Waals surface area contributed by atoms with Crippen molar-refractivity contribution in [1.82, 2.24) is 0 Å². The predicted molar refractivity (Wildman–Crippen MR) is 80.1 cm³/mol. The lowest BCUT2D eigenvalue weighted by Crippen LogP contribution is -2.45. The Hall–Kier alpha value is -1.03. The molecule has 104 valence electrons. The first-order valence-corrected chi connectivity index (χ1v) is 7.56. The normalized spacial score (nSPS) is 26.2. The minimum absolute atomic E-state index is 0.130. The molecular formula is C15H20BrNO2. The van der Waals surface area contributed by atoms with Crippen LogP contribution in [-0.2, 0) is 9.53 Å². The van der Waals surface area contributed by atoms with E-state index < -0.39 is 5.54 Å². The first kappa shape index (κ1) is 14.4. The predicted octanol–water partition coefficient (Wildman–Crippen LogP) is 3.98. The monoisotopic (exact) mass is 325 g/mol. The Morgan fingerprint density at radius 2 is 2.26 bits per heavy atom. The van der Waals surface area contributed by atoms with Gasteiger partial charge in [0.15, 0.2) is 0 Å². The first-order chi connectivity index (χ1) is 9.07. The van der Waals surface area contributed by atoms with E-state index in [1.54, 1.807) is 0 Å². The molecule has 1 aromatic carbocycles. The van der Waals surface area contributed by atoms with Crippen LogP contribution in [0.1, 0.15) is 33.1 Å². The molecule has 0 aromatic heterocycles. The third-order valence-corrected chi connectivity index (χ3v) is 4.37. The van der Waals surface area contributed by atoms with Crippen LogP contribution >= 0.6 is 15.9 Å². The average molecular weight is 326 g/mol. The second-order valence-electron chi connectivity index (χ2n) is 5.26. The molecule has 0 spiro atoms. The highest BCUT2D eigenvalue weighted by Gasteiger charge is 2.45. The lowest BCUT2D eigenvalue weighted by Gasteiger charge is -2.29. The van der Waals surface area contributed by atoms with Gasteiger partial charge in [0.1, 0.15) is 5.54 Å². The summed E-state index contributed by atoms with van der Waals surface area (Å²) in [5, 5.41) is 3.42. The molecule has 0 radical (unpaired) electrons. The molecule has 19 heavy (non-hydrogen) atoms. The van der Waals surface area contributed by atoms with Crippen LogP contribution in [0.2, 0.25) is 0 Å². The minimum Gasteiger partial charge on any atom is -0.464 e. The Balaban J connectivity index is 2.24. The summed E-state index contributed by atoms with van der Waals surface area (Å²) >= 11 is 3.52. The van der Waals surface area contributed by atoms with E-state index >= 15 is 0 Å². The van der Waals surface area contributed by atoms with E-state index in [2.05, 4.69) is 28.2 Å². The van der Waals surface area contributed by atoms with Crippen LogP contribution in [0.3, 0.4) is 0 Å². The Labute approximate surface area is 122 Å². The van der Waals surface area contributed by atoms with Crippen molar-refractivity contribution in [2.24, 2.45) is 5.92 Å². The van der Waals surface area contributed by atoms with Gasteiger partial charge in [-0.1, -0.05) is 19.1 Å². The van der Waals surface area contributed by atoms with Gasteiger partial charge in [0, 0.05) is 10.2 Å². The van der Waals surface area contributed by atoms with Gasteiger partial charge < -0.3 is 10.1 Å². The van der Waals surface area contributed by atoms with E-state index in [-0.39, 0.29) is 5.97 Å². The van der Waals surface area contributed by atoms with E-state index in [1.807, 2.05) is 31.2 Å². The molecule has 1 aliphatic rings. The van der Waals surface area contributed by atoms with Gasteiger partial charge in [-0.25, -0.2) is 4.79 Å². The van der Waals surface area contributed by atoms with E-state index in [0.29, 0.717) is 12.5 Å². The number of nitrogens with one attached hydrogen (secondary N) is 1. The number of para-hydroxylation sites is 1. The van der Waals surface area contributed by atoms with Crippen LogP contribution < -0.4 is 5.32 Å². The highest BCUT2D eigenvalue weighted by molar-refractivity contribution is 9.10. The number of ether oxygens (including phenoxy) is 1. The fourth-order valence-electron chi connectivity index (χ4n) is 2.73. The molecule has 4 heteroatoms. The van der Waals surface area contributed by atoms with Gasteiger partial charge in [0.25, 0.3) is 0 Å². The van der Waals surface area contributed by atoms with Gasteiger partial charge in [-0.3, -0.25) is 0 Å². The number of benzene rings is 1. The van der Waals surface area contributed by atoms with E-state index in [4.69, 9.17) is 4.74 Å². The van der Waals surface area contributed by atoms with Crippen LogP contribution in [0.5, 0.6) is 0 Å². The number of rotatable bonds is 4. The lowest BCUT2D eigenvalue weighted by atomic mass is 9.95. The van der Waals surface area contributed by atoms with Crippen molar-refractivity contribution in [2.45, 2.75) is 38.6 Å². The molecule has 1 fully saturated rings. The number of hydrogen-bond donors (Lipinski definition) is 1. The molecular weight excluding hydrogens is 306 g/mol. The summed E-state index contributed by atoms with van der Waals surface area (Å²) in [7, 11) is 0. The van der Waals surface area contributed by atoms with Gasteiger partial charge in [0.2, 0.25) is 0 Å². The second-order valence-corrected chi connectivity index (χ2v) is 6.11.